The third kappa shape index (κ3) is 9.56. The van der Waals surface area contributed by atoms with Crippen molar-refractivity contribution in [2.75, 3.05) is 6.54 Å². The predicted octanol–water partition coefficient (Wildman–Crippen LogP) is 2.33. The maximum Gasteiger partial charge on any atom is 0.223 e. The fraction of sp³-hybridized carbons (Fsp3) is 0.933. The summed E-state index contributed by atoms with van der Waals surface area (Å²) in [6, 6.07) is -0.244. The summed E-state index contributed by atoms with van der Waals surface area (Å²) >= 11 is 0. The van der Waals surface area contributed by atoms with E-state index in [2.05, 4.69) is 33.0 Å². The van der Waals surface area contributed by atoms with Gasteiger partial charge in [-0.3, -0.25) is 4.79 Å². The maximum absolute atomic E-state index is 12.0. The molecule has 1 amide bonds. The van der Waals surface area contributed by atoms with E-state index in [1.54, 1.807) is 0 Å². The molecule has 5 heteroatoms. The summed E-state index contributed by atoms with van der Waals surface area (Å²) in [5, 5.41) is 13.0. The van der Waals surface area contributed by atoms with E-state index in [9.17, 15) is 9.90 Å². The first-order chi connectivity index (χ1) is 8.77. The summed E-state index contributed by atoms with van der Waals surface area (Å²) < 4.78 is 0. The molecule has 3 atom stereocenters. The lowest BCUT2D eigenvalue weighted by Crippen LogP contribution is -2.40. The van der Waals surface area contributed by atoms with Gasteiger partial charge in [0.25, 0.3) is 0 Å². The summed E-state index contributed by atoms with van der Waals surface area (Å²) in [5.41, 5.74) is 5.96. The third-order valence-electron chi connectivity index (χ3n) is 3.31. The van der Waals surface area contributed by atoms with Gasteiger partial charge in [0.1, 0.15) is 0 Å². The molecule has 0 spiro atoms. The Bertz CT molecular complexity index is 260. The lowest BCUT2D eigenvalue weighted by Gasteiger charge is -2.24. The Morgan fingerprint density at radius 2 is 1.70 bits per heavy atom. The average molecular weight is 309 g/mol. The van der Waals surface area contributed by atoms with E-state index in [1.807, 2.05) is 6.92 Å². The quantitative estimate of drug-likeness (QED) is 0.612. The Kier molecular flexibility index (Phi) is 12.5. The molecule has 0 aromatic heterocycles. The molecule has 0 aliphatic rings. The number of halogens is 1. The second-order valence-corrected chi connectivity index (χ2v) is 6.34. The highest BCUT2D eigenvalue weighted by molar-refractivity contribution is 5.85. The van der Waals surface area contributed by atoms with E-state index in [1.165, 1.54) is 0 Å². The van der Waals surface area contributed by atoms with Gasteiger partial charge < -0.3 is 16.2 Å². The Hall–Kier alpha value is -0.320. The van der Waals surface area contributed by atoms with E-state index in [0.29, 0.717) is 24.8 Å². The van der Waals surface area contributed by atoms with Crippen LogP contribution in [0.1, 0.15) is 53.9 Å². The predicted molar refractivity (Wildman–Crippen MR) is 86.9 cm³/mol. The topological polar surface area (TPSA) is 75.3 Å². The van der Waals surface area contributed by atoms with E-state index >= 15 is 0 Å². The molecule has 20 heavy (non-hydrogen) atoms. The van der Waals surface area contributed by atoms with E-state index in [-0.39, 0.29) is 30.3 Å². The van der Waals surface area contributed by atoms with E-state index in [0.717, 1.165) is 12.8 Å². The zero-order chi connectivity index (χ0) is 15.0. The molecular weight excluding hydrogens is 276 g/mol. The van der Waals surface area contributed by atoms with Crippen molar-refractivity contribution in [3.63, 3.8) is 0 Å². The van der Waals surface area contributed by atoms with E-state index in [4.69, 9.17) is 5.73 Å². The molecule has 0 saturated heterocycles. The van der Waals surface area contributed by atoms with Crippen molar-refractivity contribution in [3.05, 3.63) is 0 Å². The van der Waals surface area contributed by atoms with Gasteiger partial charge in [0, 0.05) is 18.5 Å². The number of hydrogen-bond donors (Lipinski definition) is 3. The van der Waals surface area contributed by atoms with Crippen LogP contribution in [-0.4, -0.2) is 29.7 Å². The Labute approximate surface area is 130 Å². The van der Waals surface area contributed by atoms with Gasteiger partial charge in [-0.1, -0.05) is 34.6 Å². The van der Waals surface area contributed by atoms with Crippen molar-refractivity contribution in [2.45, 2.75) is 66.0 Å². The van der Waals surface area contributed by atoms with Crippen LogP contribution in [0.25, 0.3) is 0 Å². The fourth-order valence-electron chi connectivity index (χ4n) is 2.08. The van der Waals surface area contributed by atoms with E-state index < -0.39 is 6.10 Å². The van der Waals surface area contributed by atoms with Crippen molar-refractivity contribution in [3.8, 4) is 0 Å². The second-order valence-electron chi connectivity index (χ2n) is 6.34. The first kappa shape index (κ1) is 22.0. The van der Waals surface area contributed by atoms with Crippen LogP contribution in [0.2, 0.25) is 0 Å². The number of carbonyl (C=O) groups is 1. The van der Waals surface area contributed by atoms with Crippen molar-refractivity contribution in [2.24, 2.45) is 23.5 Å². The van der Waals surface area contributed by atoms with Gasteiger partial charge in [-0.15, -0.1) is 12.4 Å². The van der Waals surface area contributed by atoms with Crippen molar-refractivity contribution in [1.82, 2.24) is 5.32 Å². The van der Waals surface area contributed by atoms with Gasteiger partial charge in [0.05, 0.1) is 6.10 Å². The van der Waals surface area contributed by atoms with Crippen LogP contribution in [0.15, 0.2) is 0 Å². The minimum absolute atomic E-state index is 0. The number of carbonyl (C=O) groups excluding carboxylic acids is 1. The van der Waals surface area contributed by atoms with Gasteiger partial charge in [-0.05, 0) is 31.1 Å². The molecule has 0 aromatic carbocycles. The van der Waals surface area contributed by atoms with Crippen molar-refractivity contribution >= 4 is 18.3 Å². The molecule has 0 aliphatic carbocycles. The average Bonchev–Trinajstić information content (AvgIpc) is 2.31. The molecule has 0 rings (SSSR count). The van der Waals surface area contributed by atoms with Gasteiger partial charge >= 0.3 is 0 Å². The fourth-order valence-corrected chi connectivity index (χ4v) is 2.08. The van der Waals surface area contributed by atoms with Crippen LogP contribution in [0, 0.1) is 17.8 Å². The third-order valence-corrected chi connectivity index (χ3v) is 3.31. The summed E-state index contributed by atoms with van der Waals surface area (Å²) in [5.74, 6) is 0.785. The SMILES string of the molecule is CCC(C[C@H](O)[C@@H](N)CC(C)C)C(=O)NCC(C)C.Cl. The van der Waals surface area contributed by atoms with Crippen LogP contribution >= 0.6 is 12.4 Å². The summed E-state index contributed by atoms with van der Waals surface area (Å²) in [6.07, 6.45) is 1.37. The largest absolute Gasteiger partial charge is 0.391 e. The Morgan fingerprint density at radius 1 is 1.15 bits per heavy atom. The minimum atomic E-state index is -0.600. The number of rotatable bonds is 9. The number of aliphatic hydroxyl groups excluding tert-OH is 1. The molecule has 0 heterocycles. The minimum Gasteiger partial charge on any atom is -0.391 e. The lowest BCUT2D eigenvalue weighted by molar-refractivity contribution is -0.126. The molecule has 4 N–H and O–H groups in total. The van der Waals surface area contributed by atoms with Crippen LogP contribution in [0.5, 0.6) is 0 Å². The van der Waals surface area contributed by atoms with Gasteiger partial charge in [0.15, 0.2) is 0 Å². The molecular formula is C15H33ClN2O2. The number of nitrogens with two attached hydrogens (primary N) is 1. The normalized spacial score (nSPS) is 15.7. The highest BCUT2D eigenvalue weighted by atomic mass is 35.5. The van der Waals surface area contributed by atoms with Crippen LogP contribution in [-0.2, 0) is 4.79 Å². The first-order valence-electron chi connectivity index (χ1n) is 7.49. The summed E-state index contributed by atoms with van der Waals surface area (Å²) in [6.45, 7) is 10.9. The van der Waals surface area contributed by atoms with Crippen LogP contribution in [0.4, 0.5) is 0 Å². The molecule has 0 bridgehead atoms. The van der Waals surface area contributed by atoms with Gasteiger partial charge in [-0.2, -0.15) is 0 Å². The molecule has 122 valence electrons. The highest BCUT2D eigenvalue weighted by Gasteiger charge is 2.24. The van der Waals surface area contributed by atoms with Crippen LogP contribution in [0.3, 0.4) is 0 Å². The number of aliphatic hydroxyl groups is 1. The molecule has 0 aromatic rings. The molecule has 0 fully saturated rings. The maximum atomic E-state index is 12.0. The van der Waals surface area contributed by atoms with Crippen molar-refractivity contribution < 1.29 is 9.90 Å². The lowest BCUT2D eigenvalue weighted by atomic mass is 9.91. The van der Waals surface area contributed by atoms with Crippen LogP contribution < -0.4 is 11.1 Å². The zero-order valence-corrected chi connectivity index (χ0v) is 14.4. The monoisotopic (exact) mass is 308 g/mol. The standard InChI is InChI=1S/C15H32N2O2.ClH/c1-6-12(15(19)17-9-11(4)5)8-14(18)13(16)7-10(2)3;/h10-14,18H,6-9,16H2,1-5H3,(H,17,19);1H/t12?,13-,14-;/m0./s1. The molecule has 0 saturated carbocycles. The smallest absolute Gasteiger partial charge is 0.223 e. The molecule has 0 radical (unpaired) electrons. The second kappa shape index (κ2) is 11.4. The van der Waals surface area contributed by atoms with Gasteiger partial charge in [-0.25, -0.2) is 0 Å². The zero-order valence-electron chi connectivity index (χ0n) is 13.6. The molecule has 0 aliphatic heterocycles. The summed E-state index contributed by atoms with van der Waals surface area (Å²) in [4.78, 5) is 12.0. The Morgan fingerprint density at radius 3 is 2.10 bits per heavy atom. The number of amides is 1. The number of hydrogen-bond acceptors (Lipinski definition) is 3. The highest BCUT2D eigenvalue weighted by Crippen LogP contribution is 2.16. The van der Waals surface area contributed by atoms with Gasteiger partial charge in [0.2, 0.25) is 5.91 Å². The number of nitrogens with one attached hydrogen (secondary N) is 1. The summed E-state index contributed by atoms with van der Waals surface area (Å²) in [7, 11) is 0. The molecule has 4 nitrogen and oxygen atoms in total. The van der Waals surface area contributed by atoms with Crippen molar-refractivity contribution in [1.29, 1.82) is 0 Å². The Balaban J connectivity index is 0. The molecule has 1 unspecified atom stereocenters. The first-order valence-corrected chi connectivity index (χ1v) is 7.49.